The molecule has 2 aromatic carbocycles. The average molecular weight is 366 g/mol. The molecular formula is C24H33N2O+. The molecule has 1 saturated heterocycles. The second-order valence-electron chi connectivity index (χ2n) is 7.67. The van der Waals surface area contributed by atoms with E-state index >= 15 is 0 Å². The zero-order valence-electron chi connectivity index (χ0n) is 16.6. The number of unbranched alkanes of at least 4 members (excludes halogenated alkanes) is 1. The van der Waals surface area contributed by atoms with Crippen LogP contribution in [0.4, 0.5) is 5.69 Å². The number of nitrogens with one attached hydrogen (secondary N) is 1. The summed E-state index contributed by atoms with van der Waals surface area (Å²) in [5.74, 6) is 0.292. The Labute approximate surface area is 164 Å². The third-order valence-electron chi connectivity index (χ3n) is 5.68. The number of anilines is 1. The van der Waals surface area contributed by atoms with Crippen LogP contribution in [0.3, 0.4) is 0 Å². The first-order chi connectivity index (χ1) is 13.3. The minimum atomic E-state index is 0.292. The summed E-state index contributed by atoms with van der Waals surface area (Å²) in [7, 11) is 0. The number of benzene rings is 2. The SMILES string of the molecule is CCCCC(=O)N(c1ccccc1)C1CC[NH+](CCc2ccccc2)CC1. The van der Waals surface area contributed by atoms with Crippen LogP contribution < -0.4 is 9.80 Å². The molecule has 0 radical (unpaired) electrons. The summed E-state index contributed by atoms with van der Waals surface area (Å²) in [5, 5.41) is 0. The molecule has 27 heavy (non-hydrogen) atoms. The molecule has 0 bridgehead atoms. The third-order valence-corrected chi connectivity index (χ3v) is 5.68. The van der Waals surface area contributed by atoms with Gasteiger partial charge in [0.1, 0.15) is 0 Å². The summed E-state index contributed by atoms with van der Waals surface area (Å²) >= 11 is 0. The summed E-state index contributed by atoms with van der Waals surface area (Å²) < 4.78 is 0. The molecule has 0 aliphatic carbocycles. The molecule has 1 aliphatic heterocycles. The summed E-state index contributed by atoms with van der Waals surface area (Å²) in [6, 6.07) is 21.4. The molecule has 0 saturated carbocycles. The molecular weight excluding hydrogens is 332 g/mol. The number of carbonyl (C=O) groups is 1. The van der Waals surface area contributed by atoms with E-state index in [9.17, 15) is 4.79 Å². The van der Waals surface area contributed by atoms with E-state index in [0.29, 0.717) is 18.4 Å². The molecule has 0 atom stereocenters. The Balaban J connectivity index is 1.58. The van der Waals surface area contributed by atoms with Gasteiger partial charge < -0.3 is 9.80 Å². The Morgan fingerprint density at radius 1 is 1.00 bits per heavy atom. The summed E-state index contributed by atoms with van der Waals surface area (Å²) in [6.45, 7) is 5.64. The van der Waals surface area contributed by atoms with Crippen LogP contribution in [0, 0.1) is 0 Å². The lowest BCUT2D eigenvalue weighted by Crippen LogP contribution is -3.13. The van der Waals surface area contributed by atoms with Crippen molar-refractivity contribution in [3.8, 4) is 0 Å². The van der Waals surface area contributed by atoms with Crippen LogP contribution in [0.2, 0.25) is 0 Å². The smallest absolute Gasteiger partial charge is 0.227 e. The van der Waals surface area contributed by atoms with Crippen molar-refractivity contribution >= 4 is 11.6 Å². The van der Waals surface area contributed by atoms with Gasteiger partial charge in [-0.1, -0.05) is 61.9 Å². The zero-order chi connectivity index (χ0) is 18.9. The second-order valence-corrected chi connectivity index (χ2v) is 7.67. The Morgan fingerprint density at radius 2 is 1.63 bits per heavy atom. The molecule has 1 amide bonds. The number of para-hydroxylation sites is 1. The minimum absolute atomic E-state index is 0.292. The van der Waals surface area contributed by atoms with Crippen molar-refractivity contribution in [1.29, 1.82) is 0 Å². The van der Waals surface area contributed by atoms with Gasteiger partial charge in [-0.25, -0.2) is 0 Å². The van der Waals surface area contributed by atoms with E-state index in [4.69, 9.17) is 0 Å². The number of carbonyl (C=O) groups excluding carboxylic acids is 1. The van der Waals surface area contributed by atoms with E-state index in [2.05, 4.69) is 54.3 Å². The first-order valence-corrected chi connectivity index (χ1v) is 10.5. The number of piperidine rings is 1. The van der Waals surface area contributed by atoms with E-state index in [0.717, 1.165) is 50.9 Å². The van der Waals surface area contributed by atoms with Gasteiger partial charge in [-0.2, -0.15) is 0 Å². The number of hydrogen-bond donors (Lipinski definition) is 1. The maximum atomic E-state index is 12.9. The van der Waals surface area contributed by atoms with Crippen molar-refractivity contribution in [2.45, 2.75) is 51.5 Å². The van der Waals surface area contributed by atoms with Crippen LogP contribution in [0.15, 0.2) is 60.7 Å². The predicted octanol–water partition coefficient (Wildman–Crippen LogP) is 3.50. The zero-order valence-corrected chi connectivity index (χ0v) is 16.6. The van der Waals surface area contributed by atoms with Gasteiger partial charge >= 0.3 is 0 Å². The van der Waals surface area contributed by atoms with Gasteiger partial charge in [-0.05, 0) is 24.1 Å². The molecule has 3 rings (SSSR count). The Hall–Kier alpha value is -2.13. The lowest BCUT2D eigenvalue weighted by Gasteiger charge is -2.37. The number of nitrogens with zero attached hydrogens (tertiary/aromatic N) is 1. The Kier molecular flexibility index (Phi) is 7.46. The molecule has 144 valence electrons. The van der Waals surface area contributed by atoms with E-state index in [1.165, 1.54) is 12.1 Å². The normalized spacial score (nSPS) is 19.6. The molecule has 0 aromatic heterocycles. The summed E-state index contributed by atoms with van der Waals surface area (Å²) in [6.07, 6.45) is 6.03. The molecule has 1 aliphatic rings. The van der Waals surface area contributed by atoms with E-state index in [-0.39, 0.29) is 0 Å². The van der Waals surface area contributed by atoms with Crippen molar-refractivity contribution in [3.05, 3.63) is 66.2 Å². The average Bonchev–Trinajstić information content (AvgIpc) is 2.73. The monoisotopic (exact) mass is 365 g/mol. The van der Waals surface area contributed by atoms with Crippen LogP contribution in [0.1, 0.15) is 44.6 Å². The highest BCUT2D eigenvalue weighted by atomic mass is 16.2. The number of quaternary nitrogens is 1. The minimum Gasteiger partial charge on any atom is -0.335 e. The maximum absolute atomic E-state index is 12.9. The van der Waals surface area contributed by atoms with E-state index < -0.39 is 0 Å². The van der Waals surface area contributed by atoms with Gasteiger partial charge in [-0.15, -0.1) is 0 Å². The molecule has 3 heteroatoms. The van der Waals surface area contributed by atoms with Crippen molar-refractivity contribution < 1.29 is 9.69 Å². The van der Waals surface area contributed by atoms with E-state index in [1.54, 1.807) is 4.90 Å². The number of rotatable bonds is 8. The van der Waals surface area contributed by atoms with Gasteiger partial charge in [0, 0.05) is 37.4 Å². The molecule has 1 N–H and O–H groups in total. The Morgan fingerprint density at radius 3 is 2.26 bits per heavy atom. The van der Waals surface area contributed by atoms with Crippen molar-refractivity contribution in [2.75, 3.05) is 24.5 Å². The fraction of sp³-hybridized carbons (Fsp3) is 0.458. The van der Waals surface area contributed by atoms with Gasteiger partial charge in [0.25, 0.3) is 0 Å². The number of amides is 1. The molecule has 1 fully saturated rings. The van der Waals surface area contributed by atoms with Crippen LogP contribution >= 0.6 is 0 Å². The topological polar surface area (TPSA) is 24.8 Å². The van der Waals surface area contributed by atoms with Gasteiger partial charge in [0.2, 0.25) is 5.91 Å². The van der Waals surface area contributed by atoms with Crippen molar-refractivity contribution in [1.82, 2.24) is 0 Å². The fourth-order valence-corrected chi connectivity index (χ4v) is 4.08. The molecule has 1 heterocycles. The number of hydrogen-bond acceptors (Lipinski definition) is 1. The molecule has 0 unspecified atom stereocenters. The third kappa shape index (κ3) is 5.67. The van der Waals surface area contributed by atoms with Gasteiger partial charge in [0.05, 0.1) is 19.6 Å². The molecule has 2 aromatic rings. The lowest BCUT2D eigenvalue weighted by atomic mass is 10.0. The van der Waals surface area contributed by atoms with E-state index in [1.807, 2.05) is 18.2 Å². The standard InChI is InChI=1S/C24H32N2O/c1-2-3-14-24(27)26(22-12-8-5-9-13-22)23-16-19-25(20-17-23)18-15-21-10-6-4-7-11-21/h4-13,23H,2-3,14-20H2,1H3/p+1. The van der Waals surface area contributed by atoms with Crippen molar-refractivity contribution in [2.24, 2.45) is 0 Å². The highest BCUT2D eigenvalue weighted by molar-refractivity contribution is 5.93. The summed E-state index contributed by atoms with van der Waals surface area (Å²) in [5.41, 5.74) is 2.49. The van der Waals surface area contributed by atoms with Crippen LogP contribution in [-0.4, -0.2) is 31.6 Å². The molecule has 3 nitrogen and oxygen atoms in total. The maximum Gasteiger partial charge on any atom is 0.227 e. The van der Waals surface area contributed by atoms with Gasteiger partial charge in [-0.3, -0.25) is 4.79 Å². The fourth-order valence-electron chi connectivity index (χ4n) is 4.08. The predicted molar refractivity (Wildman–Crippen MR) is 112 cm³/mol. The highest BCUT2D eigenvalue weighted by Crippen LogP contribution is 2.22. The van der Waals surface area contributed by atoms with Gasteiger partial charge in [0.15, 0.2) is 0 Å². The lowest BCUT2D eigenvalue weighted by molar-refractivity contribution is -0.904. The number of likely N-dealkylation sites (tertiary alicyclic amines) is 1. The van der Waals surface area contributed by atoms with Crippen molar-refractivity contribution in [3.63, 3.8) is 0 Å². The highest BCUT2D eigenvalue weighted by Gasteiger charge is 2.30. The largest absolute Gasteiger partial charge is 0.335 e. The first-order valence-electron chi connectivity index (χ1n) is 10.5. The first kappa shape index (κ1) is 19.6. The Bertz CT molecular complexity index is 678. The van der Waals surface area contributed by atoms with Crippen LogP contribution in [0.5, 0.6) is 0 Å². The summed E-state index contributed by atoms with van der Waals surface area (Å²) in [4.78, 5) is 16.7. The quantitative estimate of drug-likeness (QED) is 0.761. The second kappa shape index (κ2) is 10.3. The van der Waals surface area contributed by atoms with Crippen LogP contribution in [-0.2, 0) is 11.2 Å². The van der Waals surface area contributed by atoms with Crippen LogP contribution in [0.25, 0.3) is 0 Å². The molecule has 0 spiro atoms.